The van der Waals surface area contributed by atoms with Gasteiger partial charge in [-0.05, 0) is 30.5 Å². The molecule has 0 saturated heterocycles. The van der Waals surface area contributed by atoms with Gasteiger partial charge >= 0.3 is 0 Å². The van der Waals surface area contributed by atoms with Gasteiger partial charge in [-0.1, -0.05) is 18.2 Å². The lowest BCUT2D eigenvalue weighted by Crippen LogP contribution is -2.11. The molecule has 2 N–H and O–H groups in total. The molecule has 2 rings (SSSR count). The summed E-state index contributed by atoms with van der Waals surface area (Å²) in [5, 5.41) is 1.15. The number of fused-ring (bicyclic) bond motifs is 1. The van der Waals surface area contributed by atoms with E-state index >= 15 is 0 Å². The average Bonchev–Trinajstić information content (AvgIpc) is 2.38. The minimum absolute atomic E-state index is 0.0438. The highest BCUT2D eigenvalue weighted by atomic mass is 16.5. The van der Waals surface area contributed by atoms with Crippen LogP contribution in [0, 0.1) is 0 Å². The Morgan fingerprint density at radius 3 is 3.00 bits per heavy atom. The zero-order chi connectivity index (χ0) is 12.1. The number of nitrogens with two attached hydrogens (primary N) is 1. The fourth-order valence-corrected chi connectivity index (χ4v) is 1.91. The maximum Gasteiger partial charge on any atom is 0.0702 e. The number of benzene rings is 1. The molecule has 90 valence electrons. The predicted octanol–water partition coefficient (Wildman–Crippen LogP) is 2.66. The van der Waals surface area contributed by atoms with Gasteiger partial charge in [0.05, 0.1) is 5.52 Å². The number of rotatable bonds is 5. The van der Waals surface area contributed by atoms with Crippen molar-refractivity contribution in [1.82, 2.24) is 4.98 Å². The molecule has 1 aromatic carbocycles. The second-order valence-corrected chi connectivity index (χ2v) is 4.20. The first-order valence-corrected chi connectivity index (χ1v) is 5.90. The molecule has 1 heterocycles. The Bertz CT molecular complexity index is 484. The Morgan fingerprint density at radius 2 is 2.18 bits per heavy atom. The maximum atomic E-state index is 6.13. The first kappa shape index (κ1) is 12.0. The lowest BCUT2D eigenvalue weighted by Gasteiger charge is -2.11. The largest absolute Gasteiger partial charge is 0.385 e. The molecule has 0 aliphatic rings. The van der Waals surface area contributed by atoms with Gasteiger partial charge in [-0.15, -0.1) is 0 Å². The van der Waals surface area contributed by atoms with Gasteiger partial charge in [0.2, 0.25) is 0 Å². The summed E-state index contributed by atoms with van der Waals surface area (Å²) >= 11 is 0. The molecule has 0 aliphatic heterocycles. The van der Waals surface area contributed by atoms with E-state index < -0.39 is 0 Å². The molecular weight excluding hydrogens is 212 g/mol. The van der Waals surface area contributed by atoms with Gasteiger partial charge in [-0.2, -0.15) is 0 Å². The molecule has 1 atom stereocenters. The van der Waals surface area contributed by atoms with E-state index in [2.05, 4.69) is 17.1 Å². The summed E-state index contributed by atoms with van der Waals surface area (Å²) in [5.41, 5.74) is 8.24. The summed E-state index contributed by atoms with van der Waals surface area (Å²) in [4.78, 5) is 4.42. The summed E-state index contributed by atoms with van der Waals surface area (Å²) in [5.74, 6) is 0. The van der Waals surface area contributed by atoms with E-state index in [1.54, 1.807) is 7.11 Å². The Labute approximate surface area is 102 Å². The first-order valence-electron chi connectivity index (χ1n) is 5.90. The molecule has 0 amide bonds. The van der Waals surface area contributed by atoms with Crippen LogP contribution in [0.1, 0.15) is 24.4 Å². The molecule has 3 nitrogen and oxygen atoms in total. The second-order valence-electron chi connectivity index (χ2n) is 4.20. The number of para-hydroxylation sites is 1. The summed E-state index contributed by atoms with van der Waals surface area (Å²) < 4.78 is 5.03. The number of hydrogen-bond acceptors (Lipinski definition) is 3. The lowest BCUT2D eigenvalue weighted by molar-refractivity contribution is 0.190. The second kappa shape index (κ2) is 5.75. The van der Waals surface area contributed by atoms with Gasteiger partial charge in [0.15, 0.2) is 0 Å². The minimum Gasteiger partial charge on any atom is -0.385 e. The van der Waals surface area contributed by atoms with Crippen molar-refractivity contribution in [2.45, 2.75) is 18.9 Å². The number of hydrogen-bond donors (Lipinski definition) is 1. The van der Waals surface area contributed by atoms with E-state index in [0.29, 0.717) is 0 Å². The van der Waals surface area contributed by atoms with E-state index in [4.69, 9.17) is 10.5 Å². The molecule has 0 saturated carbocycles. The van der Waals surface area contributed by atoms with E-state index in [1.807, 2.05) is 24.4 Å². The summed E-state index contributed by atoms with van der Waals surface area (Å²) in [7, 11) is 1.71. The third kappa shape index (κ3) is 3.02. The van der Waals surface area contributed by atoms with Crippen LogP contribution in [-0.4, -0.2) is 18.7 Å². The van der Waals surface area contributed by atoms with Crippen LogP contribution in [0.2, 0.25) is 0 Å². The van der Waals surface area contributed by atoms with Crippen molar-refractivity contribution >= 4 is 10.9 Å². The molecule has 0 spiro atoms. The molecule has 0 fully saturated rings. The normalized spacial score (nSPS) is 12.8. The molecule has 1 aromatic heterocycles. The molecular formula is C14H18N2O. The topological polar surface area (TPSA) is 48.1 Å². The van der Waals surface area contributed by atoms with Crippen molar-refractivity contribution in [3.05, 3.63) is 42.1 Å². The minimum atomic E-state index is 0.0438. The SMILES string of the molecule is COCCCC(N)c1cnc2ccccc2c1. The smallest absolute Gasteiger partial charge is 0.0702 e. The van der Waals surface area contributed by atoms with Gasteiger partial charge in [0.1, 0.15) is 0 Å². The Balaban J connectivity index is 2.12. The van der Waals surface area contributed by atoms with Crippen LogP contribution in [0.15, 0.2) is 36.5 Å². The van der Waals surface area contributed by atoms with E-state index in [9.17, 15) is 0 Å². The number of methoxy groups -OCH3 is 1. The van der Waals surface area contributed by atoms with E-state index in [0.717, 1.165) is 35.9 Å². The van der Waals surface area contributed by atoms with Crippen LogP contribution in [0.3, 0.4) is 0 Å². The highest BCUT2D eigenvalue weighted by Crippen LogP contribution is 2.19. The predicted molar refractivity (Wildman–Crippen MR) is 69.8 cm³/mol. The van der Waals surface area contributed by atoms with Gasteiger partial charge in [0.25, 0.3) is 0 Å². The van der Waals surface area contributed by atoms with Crippen LogP contribution in [0.25, 0.3) is 10.9 Å². The molecule has 17 heavy (non-hydrogen) atoms. The van der Waals surface area contributed by atoms with E-state index in [-0.39, 0.29) is 6.04 Å². The summed E-state index contributed by atoms with van der Waals surface area (Å²) in [6.45, 7) is 0.759. The van der Waals surface area contributed by atoms with Crippen LogP contribution < -0.4 is 5.73 Å². The molecule has 3 heteroatoms. The fourth-order valence-electron chi connectivity index (χ4n) is 1.91. The Kier molecular flexibility index (Phi) is 4.07. The van der Waals surface area contributed by atoms with Crippen molar-refractivity contribution in [1.29, 1.82) is 0 Å². The van der Waals surface area contributed by atoms with Gasteiger partial charge in [-0.3, -0.25) is 4.98 Å². The zero-order valence-electron chi connectivity index (χ0n) is 10.1. The van der Waals surface area contributed by atoms with Gasteiger partial charge in [0, 0.05) is 31.3 Å². The van der Waals surface area contributed by atoms with Gasteiger partial charge in [-0.25, -0.2) is 0 Å². The average molecular weight is 230 g/mol. The summed E-state index contributed by atoms with van der Waals surface area (Å²) in [6, 6.07) is 10.3. The van der Waals surface area contributed by atoms with Crippen molar-refractivity contribution in [3.8, 4) is 0 Å². The molecule has 0 bridgehead atoms. The number of pyridine rings is 1. The third-order valence-electron chi connectivity index (χ3n) is 2.90. The zero-order valence-corrected chi connectivity index (χ0v) is 10.1. The fraction of sp³-hybridized carbons (Fsp3) is 0.357. The lowest BCUT2D eigenvalue weighted by atomic mass is 10.0. The number of nitrogens with zero attached hydrogens (tertiary/aromatic N) is 1. The Hall–Kier alpha value is -1.45. The third-order valence-corrected chi connectivity index (χ3v) is 2.90. The first-order chi connectivity index (χ1) is 8.31. The molecule has 1 unspecified atom stereocenters. The van der Waals surface area contributed by atoms with Crippen molar-refractivity contribution in [3.63, 3.8) is 0 Å². The van der Waals surface area contributed by atoms with Crippen LogP contribution in [-0.2, 0) is 4.74 Å². The van der Waals surface area contributed by atoms with Crippen LogP contribution in [0.5, 0.6) is 0 Å². The monoisotopic (exact) mass is 230 g/mol. The molecule has 2 aromatic rings. The Morgan fingerprint density at radius 1 is 1.35 bits per heavy atom. The van der Waals surface area contributed by atoms with E-state index in [1.165, 1.54) is 0 Å². The van der Waals surface area contributed by atoms with Crippen molar-refractivity contribution in [2.75, 3.05) is 13.7 Å². The molecule has 0 aliphatic carbocycles. The summed E-state index contributed by atoms with van der Waals surface area (Å²) in [6.07, 6.45) is 3.78. The van der Waals surface area contributed by atoms with Crippen molar-refractivity contribution in [2.24, 2.45) is 5.73 Å². The highest BCUT2D eigenvalue weighted by Gasteiger charge is 2.06. The van der Waals surface area contributed by atoms with Crippen molar-refractivity contribution < 1.29 is 4.74 Å². The standard InChI is InChI=1S/C14H18N2O/c1-17-8-4-6-13(15)12-9-11-5-2-3-7-14(11)16-10-12/h2-3,5,7,9-10,13H,4,6,8,15H2,1H3. The number of aromatic nitrogens is 1. The van der Waals surface area contributed by atoms with Gasteiger partial charge < -0.3 is 10.5 Å². The maximum absolute atomic E-state index is 6.13. The quantitative estimate of drug-likeness (QED) is 0.803. The highest BCUT2D eigenvalue weighted by molar-refractivity contribution is 5.78. The molecule has 0 radical (unpaired) electrons. The van der Waals surface area contributed by atoms with Crippen LogP contribution >= 0.6 is 0 Å². The van der Waals surface area contributed by atoms with Crippen LogP contribution in [0.4, 0.5) is 0 Å². The number of ether oxygens (including phenoxy) is 1.